The van der Waals surface area contributed by atoms with E-state index in [-0.39, 0.29) is 16.3 Å². The summed E-state index contributed by atoms with van der Waals surface area (Å²) < 4.78 is 32.6. The molecule has 0 radical (unpaired) electrons. The number of hydrogen-bond acceptors (Lipinski definition) is 6. The van der Waals surface area contributed by atoms with Crippen molar-refractivity contribution in [3.05, 3.63) is 59.8 Å². The number of methoxy groups -OCH3 is 1. The maximum absolute atomic E-state index is 12.7. The fourth-order valence-electron chi connectivity index (χ4n) is 2.49. The first-order valence-corrected chi connectivity index (χ1v) is 9.17. The lowest BCUT2D eigenvalue weighted by atomic mass is 10.1. The van der Waals surface area contributed by atoms with Gasteiger partial charge in [-0.1, -0.05) is 29.8 Å². The van der Waals surface area contributed by atoms with Crippen molar-refractivity contribution >= 4 is 38.3 Å². The zero-order valence-electron chi connectivity index (χ0n) is 14.2. The molecular formula is C18H17N3O4S. The summed E-state index contributed by atoms with van der Waals surface area (Å²) in [6.07, 6.45) is 0. The largest absolute Gasteiger partial charge is 0.464 e. The third kappa shape index (κ3) is 3.31. The van der Waals surface area contributed by atoms with Crippen molar-refractivity contribution in [1.29, 1.82) is 0 Å². The van der Waals surface area contributed by atoms with Crippen LogP contribution in [0.5, 0.6) is 0 Å². The van der Waals surface area contributed by atoms with E-state index < -0.39 is 16.0 Å². The van der Waals surface area contributed by atoms with Gasteiger partial charge < -0.3 is 10.5 Å². The van der Waals surface area contributed by atoms with E-state index >= 15 is 0 Å². The Hall–Kier alpha value is -3.13. The van der Waals surface area contributed by atoms with Gasteiger partial charge in [-0.15, -0.1) is 0 Å². The van der Waals surface area contributed by atoms with Gasteiger partial charge in [-0.25, -0.2) is 18.2 Å². The van der Waals surface area contributed by atoms with Gasteiger partial charge in [0.1, 0.15) is 0 Å². The molecule has 7 nitrogen and oxygen atoms in total. The summed E-state index contributed by atoms with van der Waals surface area (Å²) in [5.74, 6) is -0.689. The first-order chi connectivity index (χ1) is 12.3. The first kappa shape index (κ1) is 17.7. The Kier molecular flexibility index (Phi) is 4.52. The lowest BCUT2D eigenvalue weighted by molar-refractivity contribution is 0.0594. The number of sulfonamides is 1. The molecule has 3 N–H and O–H groups in total. The molecule has 0 spiro atoms. The number of rotatable bonds is 4. The highest BCUT2D eigenvalue weighted by molar-refractivity contribution is 7.92. The van der Waals surface area contributed by atoms with Gasteiger partial charge in [-0.3, -0.25) is 4.72 Å². The van der Waals surface area contributed by atoms with Crippen LogP contribution in [0.4, 0.5) is 11.4 Å². The number of para-hydroxylation sites is 1. The average Bonchev–Trinajstić information content (AvgIpc) is 2.61. The van der Waals surface area contributed by atoms with E-state index in [1.807, 2.05) is 6.92 Å². The summed E-state index contributed by atoms with van der Waals surface area (Å²) in [6, 6.07) is 12.7. The van der Waals surface area contributed by atoms with Gasteiger partial charge in [0.05, 0.1) is 28.9 Å². The molecule has 0 fully saturated rings. The summed E-state index contributed by atoms with van der Waals surface area (Å²) in [4.78, 5) is 16.2. The Morgan fingerprint density at radius 2 is 1.85 bits per heavy atom. The van der Waals surface area contributed by atoms with E-state index in [4.69, 9.17) is 5.73 Å². The van der Waals surface area contributed by atoms with Crippen molar-refractivity contribution < 1.29 is 17.9 Å². The van der Waals surface area contributed by atoms with E-state index in [9.17, 15) is 13.2 Å². The molecular weight excluding hydrogens is 354 g/mol. The van der Waals surface area contributed by atoms with Crippen LogP contribution in [0.3, 0.4) is 0 Å². The Labute approximate surface area is 150 Å². The second-order valence-electron chi connectivity index (χ2n) is 5.71. The summed E-state index contributed by atoms with van der Waals surface area (Å²) in [6.45, 7) is 1.87. The number of esters is 1. The fourth-order valence-corrected chi connectivity index (χ4v) is 3.56. The number of nitrogens with zero attached hydrogens (tertiary/aromatic N) is 1. The number of anilines is 2. The van der Waals surface area contributed by atoms with Crippen molar-refractivity contribution in [3.63, 3.8) is 0 Å². The summed E-state index contributed by atoms with van der Waals surface area (Å²) >= 11 is 0. The van der Waals surface area contributed by atoms with Crippen LogP contribution in [0.15, 0.2) is 53.4 Å². The minimum Gasteiger partial charge on any atom is -0.464 e. The third-order valence-electron chi connectivity index (χ3n) is 3.84. The van der Waals surface area contributed by atoms with E-state index in [0.717, 1.165) is 5.56 Å². The first-order valence-electron chi connectivity index (χ1n) is 7.69. The third-order valence-corrected chi connectivity index (χ3v) is 5.22. The predicted octanol–water partition coefficient (Wildman–Crippen LogP) is 2.71. The van der Waals surface area contributed by atoms with E-state index in [2.05, 4.69) is 14.4 Å². The fraction of sp³-hybridized carbons (Fsp3) is 0.111. The SMILES string of the molecule is COC(=O)c1cc(NS(=O)(=O)c2ccc(C)cc2)c2cccc(N)c2n1. The molecule has 3 rings (SSSR count). The topological polar surface area (TPSA) is 111 Å². The number of nitrogen functional groups attached to an aromatic ring is 1. The van der Waals surface area contributed by atoms with Crippen molar-refractivity contribution in [2.75, 3.05) is 17.6 Å². The number of carbonyl (C=O) groups is 1. The van der Waals surface area contributed by atoms with Crippen LogP contribution in [0.2, 0.25) is 0 Å². The minimum absolute atomic E-state index is 0.0421. The molecule has 134 valence electrons. The molecule has 0 amide bonds. The van der Waals surface area contributed by atoms with Gasteiger partial charge in [0.25, 0.3) is 10.0 Å². The van der Waals surface area contributed by atoms with E-state index in [1.54, 1.807) is 30.3 Å². The van der Waals surface area contributed by atoms with Crippen LogP contribution in [-0.4, -0.2) is 26.5 Å². The molecule has 1 aromatic heterocycles. The van der Waals surface area contributed by atoms with Crippen LogP contribution in [-0.2, 0) is 14.8 Å². The van der Waals surface area contributed by atoms with Crippen molar-refractivity contribution in [2.24, 2.45) is 0 Å². The number of aryl methyl sites for hydroxylation is 1. The molecule has 0 bridgehead atoms. The zero-order chi connectivity index (χ0) is 18.9. The number of pyridine rings is 1. The highest BCUT2D eigenvalue weighted by Crippen LogP contribution is 2.29. The van der Waals surface area contributed by atoms with Gasteiger partial charge in [0.15, 0.2) is 5.69 Å². The summed E-state index contributed by atoms with van der Waals surface area (Å²) in [7, 11) is -2.63. The Morgan fingerprint density at radius 1 is 1.15 bits per heavy atom. The number of hydrogen-bond donors (Lipinski definition) is 2. The quantitative estimate of drug-likeness (QED) is 0.539. The second-order valence-corrected chi connectivity index (χ2v) is 7.39. The van der Waals surface area contributed by atoms with Gasteiger partial charge in [0.2, 0.25) is 0 Å². The molecule has 3 aromatic rings. The van der Waals surface area contributed by atoms with Crippen LogP contribution in [0, 0.1) is 6.92 Å². The highest BCUT2D eigenvalue weighted by atomic mass is 32.2. The molecule has 0 aliphatic heterocycles. The van der Waals surface area contributed by atoms with E-state index in [0.29, 0.717) is 16.6 Å². The number of benzene rings is 2. The molecule has 0 atom stereocenters. The molecule has 8 heteroatoms. The summed E-state index contributed by atoms with van der Waals surface area (Å²) in [5, 5.41) is 0.480. The number of carbonyl (C=O) groups excluding carboxylic acids is 1. The second kappa shape index (κ2) is 6.64. The lowest BCUT2D eigenvalue weighted by Crippen LogP contribution is -2.15. The smallest absolute Gasteiger partial charge is 0.356 e. The highest BCUT2D eigenvalue weighted by Gasteiger charge is 2.19. The predicted molar refractivity (Wildman–Crippen MR) is 99.5 cm³/mol. The van der Waals surface area contributed by atoms with E-state index in [1.165, 1.54) is 25.3 Å². The summed E-state index contributed by atoms with van der Waals surface area (Å²) in [5.41, 5.74) is 7.67. The normalized spacial score (nSPS) is 11.3. The molecule has 0 unspecified atom stereocenters. The molecule has 1 heterocycles. The molecule has 0 aliphatic rings. The van der Waals surface area contributed by atoms with Crippen molar-refractivity contribution in [2.45, 2.75) is 11.8 Å². The standard InChI is InChI=1S/C18H17N3O4S/c1-11-6-8-12(9-7-11)26(23,24)21-15-10-16(18(22)25-2)20-17-13(15)4-3-5-14(17)19/h3-10H,19H2,1-2H3,(H,20,21). The number of aromatic nitrogens is 1. The number of nitrogens with one attached hydrogen (secondary N) is 1. The molecule has 0 saturated carbocycles. The molecule has 2 aromatic carbocycles. The molecule has 0 saturated heterocycles. The Bertz CT molecular complexity index is 1090. The number of ether oxygens (including phenoxy) is 1. The Morgan fingerprint density at radius 3 is 2.50 bits per heavy atom. The van der Waals surface area contributed by atoms with Crippen molar-refractivity contribution in [1.82, 2.24) is 4.98 Å². The van der Waals surface area contributed by atoms with Gasteiger partial charge in [-0.05, 0) is 31.2 Å². The maximum atomic E-state index is 12.7. The van der Waals surface area contributed by atoms with Crippen LogP contribution < -0.4 is 10.5 Å². The lowest BCUT2D eigenvalue weighted by Gasteiger charge is -2.13. The number of fused-ring (bicyclic) bond motifs is 1. The maximum Gasteiger partial charge on any atom is 0.356 e. The minimum atomic E-state index is -3.85. The van der Waals surface area contributed by atoms with Crippen LogP contribution >= 0.6 is 0 Å². The van der Waals surface area contributed by atoms with Gasteiger partial charge in [0, 0.05) is 5.39 Å². The molecule has 0 aliphatic carbocycles. The number of nitrogens with two attached hydrogens (primary N) is 1. The monoisotopic (exact) mass is 371 g/mol. The van der Waals surface area contributed by atoms with Crippen molar-refractivity contribution in [3.8, 4) is 0 Å². The van der Waals surface area contributed by atoms with Crippen LogP contribution in [0.1, 0.15) is 16.1 Å². The Balaban J connectivity index is 2.15. The van der Waals surface area contributed by atoms with Crippen LogP contribution in [0.25, 0.3) is 10.9 Å². The zero-order valence-corrected chi connectivity index (χ0v) is 15.0. The van der Waals surface area contributed by atoms with Gasteiger partial charge >= 0.3 is 5.97 Å². The average molecular weight is 371 g/mol. The molecule has 26 heavy (non-hydrogen) atoms. The van der Waals surface area contributed by atoms with Gasteiger partial charge in [-0.2, -0.15) is 0 Å².